The number of rotatable bonds is 3. The lowest BCUT2D eigenvalue weighted by Gasteiger charge is -2.14. The largest absolute Gasteiger partial charge is 0.465 e. The molecule has 0 saturated carbocycles. The molecule has 22 heavy (non-hydrogen) atoms. The van der Waals surface area contributed by atoms with Gasteiger partial charge in [-0.05, 0) is 19.1 Å². The molecule has 2 aromatic rings. The molecular formula is C13H8ClF4N2O2. The van der Waals surface area contributed by atoms with E-state index in [-0.39, 0.29) is 23.4 Å². The van der Waals surface area contributed by atoms with Crippen LogP contribution < -0.4 is 10.3 Å². The second kappa shape index (κ2) is 5.96. The highest BCUT2D eigenvalue weighted by Gasteiger charge is 2.34. The molecule has 9 heteroatoms. The summed E-state index contributed by atoms with van der Waals surface area (Å²) < 4.78 is 57.5. The van der Waals surface area contributed by atoms with E-state index < -0.39 is 29.3 Å². The quantitative estimate of drug-likeness (QED) is 0.809. The first-order valence-corrected chi connectivity index (χ1v) is 6.33. The van der Waals surface area contributed by atoms with Gasteiger partial charge in [-0.25, -0.2) is 8.96 Å². The van der Waals surface area contributed by atoms with Gasteiger partial charge in [-0.15, -0.1) is 0 Å². The van der Waals surface area contributed by atoms with Crippen LogP contribution in [0.25, 0.3) is 5.69 Å². The Balaban J connectivity index is 2.72. The highest BCUT2D eigenvalue weighted by Crippen LogP contribution is 2.29. The second-order valence-electron chi connectivity index (χ2n) is 4.04. The van der Waals surface area contributed by atoms with Crippen molar-refractivity contribution >= 4 is 11.6 Å². The zero-order valence-electron chi connectivity index (χ0n) is 11.0. The summed E-state index contributed by atoms with van der Waals surface area (Å²) in [5.74, 6) is -0.923. The van der Waals surface area contributed by atoms with Gasteiger partial charge in [0.2, 0.25) is 0 Å². The molecule has 0 aliphatic heterocycles. The third kappa shape index (κ3) is 3.22. The molecule has 1 aromatic carbocycles. The number of hydrogen-bond acceptors (Lipinski definition) is 3. The van der Waals surface area contributed by atoms with Crippen molar-refractivity contribution in [2.75, 3.05) is 6.61 Å². The molecule has 0 unspecified atom stereocenters. The lowest BCUT2D eigenvalue weighted by molar-refractivity contribution is -0.141. The zero-order valence-corrected chi connectivity index (χ0v) is 11.8. The number of aromatic nitrogens is 2. The Morgan fingerprint density at radius 3 is 2.64 bits per heavy atom. The van der Waals surface area contributed by atoms with Crippen molar-refractivity contribution in [1.29, 1.82) is 0 Å². The summed E-state index contributed by atoms with van der Waals surface area (Å²) in [5, 5.41) is -0.0490. The van der Waals surface area contributed by atoms with Crippen LogP contribution in [0.15, 0.2) is 23.0 Å². The van der Waals surface area contributed by atoms with Crippen molar-refractivity contribution in [3.63, 3.8) is 0 Å². The Morgan fingerprint density at radius 2 is 2.09 bits per heavy atom. The van der Waals surface area contributed by atoms with Crippen molar-refractivity contribution in [1.82, 2.24) is 9.55 Å². The molecular weight excluding hydrogens is 328 g/mol. The monoisotopic (exact) mass is 335 g/mol. The Hall–Kier alpha value is -2.09. The van der Waals surface area contributed by atoms with Crippen LogP contribution in [-0.4, -0.2) is 16.2 Å². The van der Waals surface area contributed by atoms with Gasteiger partial charge in [0.05, 0.1) is 17.3 Å². The highest BCUT2D eigenvalue weighted by atomic mass is 35.5. The average molecular weight is 336 g/mol. The first-order valence-electron chi connectivity index (χ1n) is 5.95. The summed E-state index contributed by atoms with van der Waals surface area (Å²) in [7, 11) is 0. The van der Waals surface area contributed by atoms with E-state index in [1.165, 1.54) is 6.92 Å². The maximum absolute atomic E-state index is 13.9. The normalized spacial score (nSPS) is 11.5. The summed E-state index contributed by atoms with van der Waals surface area (Å²) >= 11 is 5.55. The maximum Gasteiger partial charge on any atom is 0.433 e. The molecule has 0 saturated heterocycles. The van der Waals surface area contributed by atoms with Crippen LogP contribution in [-0.2, 0) is 6.18 Å². The number of nitrogens with zero attached hydrogens (tertiary/aromatic N) is 2. The summed E-state index contributed by atoms with van der Waals surface area (Å²) in [6, 6.07) is 3.93. The van der Waals surface area contributed by atoms with E-state index >= 15 is 0 Å². The van der Waals surface area contributed by atoms with Crippen LogP contribution in [0.3, 0.4) is 0 Å². The summed E-state index contributed by atoms with van der Waals surface area (Å²) in [4.78, 5) is 15.2. The van der Waals surface area contributed by atoms with Crippen LogP contribution >= 0.6 is 11.6 Å². The van der Waals surface area contributed by atoms with Crippen LogP contribution in [0, 0.1) is 11.9 Å². The fourth-order valence-corrected chi connectivity index (χ4v) is 1.81. The summed E-state index contributed by atoms with van der Waals surface area (Å²) in [6.45, 7) is 1.42. The highest BCUT2D eigenvalue weighted by molar-refractivity contribution is 6.30. The van der Waals surface area contributed by atoms with Gasteiger partial charge in [0, 0.05) is 12.1 Å². The zero-order chi connectivity index (χ0) is 16.5. The predicted molar refractivity (Wildman–Crippen MR) is 69.8 cm³/mol. The van der Waals surface area contributed by atoms with Gasteiger partial charge >= 0.3 is 12.2 Å². The molecule has 0 spiro atoms. The Labute approximate surface area is 126 Å². The number of ether oxygens (including phenoxy) is 1. The minimum absolute atomic E-state index is 0.0490. The van der Waals surface area contributed by atoms with E-state index in [4.69, 9.17) is 16.3 Å². The van der Waals surface area contributed by atoms with E-state index in [1.807, 2.05) is 0 Å². The lowest BCUT2D eigenvalue weighted by atomic mass is 10.3. The standard InChI is InChI=1S/C13H8ClF4N2O2/c1-2-22-12-19-10(13(16,17)18)6-11(21)20(12)9-4-3-7(14)5-8(9)15/h4-6H,2H2,1H3. The average Bonchev–Trinajstić information content (AvgIpc) is 2.39. The first kappa shape index (κ1) is 16.3. The van der Waals surface area contributed by atoms with Crippen LogP contribution in [0.4, 0.5) is 17.6 Å². The number of alkyl halides is 3. The van der Waals surface area contributed by atoms with E-state index in [9.17, 15) is 22.4 Å². The molecule has 117 valence electrons. The van der Waals surface area contributed by atoms with E-state index in [2.05, 4.69) is 11.1 Å². The molecule has 0 aliphatic rings. The number of hydrogen-bond donors (Lipinski definition) is 0. The van der Waals surface area contributed by atoms with Crippen molar-refractivity contribution in [2.24, 2.45) is 0 Å². The van der Waals surface area contributed by atoms with Crippen molar-refractivity contribution in [2.45, 2.75) is 13.1 Å². The van der Waals surface area contributed by atoms with Gasteiger partial charge in [-0.2, -0.15) is 18.2 Å². The molecule has 1 heterocycles. The third-order valence-corrected chi connectivity index (χ3v) is 2.76. The Kier molecular flexibility index (Phi) is 4.41. The summed E-state index contributed by atoms with van der Waals surface area (Å²) in [5.41, 5.74) is -2.92. The van der Waals surface area contributed by atoms with Gasteiger partial charge in [-0.1, -0.05) is 11.6 Å². The topological polar surface area (TPSA) is 44.1 Å². The van der Waals surface area contributed by atoms with Crippen LogP contribution in [0.5, 0.6) is 6.01 Å². The lowest BCUT2D eigenvalue weighted by Crippen LogP contribution is -2.25. The van der Waals surface area contributed by atoms with E-state index in [1.54, 1.807) is 0 Å². The van der Waals surface area contributed by atoms with E-state index in [0.29, 0.717) is 4.57 Å². The third-order valence-electron chi connectivity index (χ3n) is 2.54. The smallest absolute Gasteiger partial charge is 0.433 e. The van der Waals surface area contributed by atoms with Gasteiger partial charge in [0.15, 0.2) is 5.69 Å². The molecule has 0 aliphatic carbocycles. The second-order valence-corrected chi connectivity index (χ2v) is 4.45. The van der Waals surface area contributed by atoms with Crippen molar-refractivity contribution in [3.05, 3.63) is 51.2 Å². The van der Waals surface area contributed by atoms with Gasteiger partial charge in [0.25, 0.3) is 5.56 Å². The minimum atomic E-state index is -4.82. The Morgan fingerprint density at radius 1 is 1.41 bits per heavy atom. The molecule has 0 atom stereocenters. The predicted octanol–water partition coefficient (Wildman–Crippen LogP) is 3.24. The van der Waals surface area contributed by atoms with Crippen LogP contribution in [0.2, 0.25) is 5.02 Å². The maximum atomic E-state index is 13.9. The number of benzene rings is 1. The SMILES string of the molecule is CCOc1nc(C(F)(F)F)cc(=O)n1-c1c[c]c(Cl)cc1F. The molecule has 1 radical (unpaired) electrons. The van der Waals surface area contributed by atoms with Gasteiger partial charge in [0.1, 0.15) is 5.82 Å². The van der Waals surface area contributed by atoms with E-state index in [0.717, 1.165) is 12.1 Å². The minimum Gasteiger partial charge on any atom is -0.465 e. The molecule has 0 N–H and O–H groups in total. The van der Waals surface area contributed by atoms with Crippen LogP contribution in [0.1, 0.15) is 12.6 Å². The van der Waals surface area contributed by atoms with Gasteiger partial charge < -0.3 is 4.74 Å². The fourth-order valence-electron chi connectivity index (χ4n) is 1.66. The molecule has 4 nitrogen and oxygen atoms in total. The first-order chi connectivity index (χ1) is 10.2. The molecule has 0 bridgehead atoms. The number of halogens is 5. The van der Waals surface area contributed by atoms with Crippen molar-refractivity contribution < 1.29 is 22.3 Å². The Bertz CT molecular complexity index is 759. The van der Waals surface area contributed by atoms with Gasteiger partial charge in [-0.3, -0.25) is 4.79 Å². The molecule has 1 aromatic heterocycles. The summed E-state index contributed by atoms with van der Waals surface area (Å²) in [6.07, 6.45) is -4.82. The molecule has 0 amide bonds. The van der Waals surface area contributed by atoms with Crippen molar-refractivity contribution in [3.8, 4) is 11.7 Å². The molecule has 2 rings (SSSR count). The fraction of sp³-hybridized carbons (Fsp3) is 0.231. The molecule has 0 fully saturated rings.